The monoisotopic (exact) mass is 312 g/mol. The van der Waals surface area contributed by atoms with Gasteiger partial charge in [0.05, 0.1) is 0 Å². The maximum atomic E-state index is 5.35. The van der Waals surface area contributed by atoms with E-state index in [0.717, 1.165) is 38.7 Å². The van der Waals surface area contributed by atoms with Crippen LogP contribution in [0.1, 0.15) is 52.4 Å². The lowest BCUT2D eigenvalue weighted by atomic mass is 10.0. The Morgan fingerprint density at radius 3 is 2.82 bits per heavy atom. The fourth-order valence-corrected chi connectivity index (χ4v) is 2.91. The number of ether oxygens (including phenoxy) is 1. The third-order valence-corrected chi connectivity index (χ3v) is 4.24. The van der Waals surface area contributed by atoms with Gasteiger partial charge in [-0.15, -0.1) is 0 Å². The quantitative estimate of drug-likeness (QED) is 0.369. The van der Waals surface area contributed by atoms with Gasteiger partial charge in [0.1, 0.15) is 0 Å². The van der Waals surface area contributed by atoms with E-state index < -0.39 is 0 Å². The average Bonchev–Trinajstić information content (AvgIpc) is 2.56. The first kappa shape index (κ1) is 19.2. The normalized spacial score (nSPS) is 20.1. The summed E-state index contributed by atoms with van der Waals surface area (Å²) in [5.74, 6) is 0.914. The molecule has 1 saturated heterocycles. The molecule has 1 unspecified atom stereocenters. The Kier molecular flexibility index (Phi) is 11.1. The molecule has 130 valence electrons. The maximum Gasteiger partial charge on any atom is 0.191 e. The van der Waals surface area contributed by atoms with Gasteiger partial charge in [-0.25, -0.2) is 0 Å². The molecule has 1 atom stereocenters. The van der Waals surface area contributed by atoms with E-state index in [0.29, 0.717) is 6.04 Å². The topological polar surface area (TPSA) is 48.9 Å². The number of piperidine rings is 1. The first-order valence-corrected chi connectivity index (χ1v) is 9.08. The molecule has 0 radical (unpaired) electrons. The zero-order valence-corrected chi connectivity index (χ0v) is 14.9. The van der Waals surface area contributed by atoms with Crippen molar-refractivity contribution in [2.75, 3.05) is 46.4 Å². The average molecular weight is 313 g/mol. The highest BCUT2D eigenvalue weighted by Gasteiger charge is 2.21. The van der Waals surface area contributed by atoms with Crippen LogP contribution in [-0.4, -0.2) is 63.3 Å². The van der Waals surface area contributed by atoms with Gasteiger partial charge in [0.2, 0.25) is 0 Å². The Labute approximate surface area is 136 Å². The van der Waals surface area contributed by atoms with Crippen LogP contribution >= 0.6 is 0 Å². The second kappa shape index (κ2) is 12.7. The van der Waals surface area contributed by atoms with Crippen LogP contribution in [0.5, 0.6) is 0 Å². The first-order valence-electron chi connectivity index (χ1n) is 9.08. The van der Waals surface area contributed by atoms with E-state index in [1.807, 2.05) is 14.0 Å². The van der Waals surface area contributed by atoms with Gasteiger partial charge in [-0.05, 0) is 45.7 Å². The van der Waals surface area contributed by atoms with Crippen LogP contribution in [0.15, 0.2) is 4.99 Å². The molecule has 1 aliphatic rings. The molecular formula is C17H36N4O. The number of rotatable bonds is 10. The molecule has 0 aliphatic carbocycles. The fourth-order valence-electron chi connectivity index (χ4n) is 2.91. The van der Waals surface area contributed by atoms with Crippen molar-refractivity contribution in [3.63, 3.8) is 0 Å². The zero-order valence-electron chi connectivity index (χ0n) is 14.9. The molecule has 2 N–H and O–H groups in total. The van der Waals surface area contributed by atoms with E-state index in [1.54, 1.807) is 0 Å². The van der Waals surface area contributed by atoms with Gasteiger partial charge in [0, 0.05) is 39.4 Å². The summed E-state index contributed by atoms with van der Waals surface area (Å²) in [6.07, 6.45) is 7.61. The number of hydrogen-bond acceptors (Lipinski definition) is 3. The van der Waals surface area contributed by atoms with Gasteiger partial charge in [0.25, 0.3) is 0 Å². The Bertz CT molecular complexity index is 296. The SMILES string of the molecule is CCCCN1CCCCC1CNC(=NC)NCCCOCC. The summed E-state index contributed by atoms with van der Waals surface area (Å²) in [5, 5.41) is 6.86. The van der Waals surface area contributed by atoms with E-state index >= 15 is 0 Å². The number of unbranched alkanes of at least 4 members (excludes halogenated alkanes) is 1. The van der Waals surface area contributed by atoms with Crippen LogP contribution in [0.4, 0.5) is 0 Å². The number of nitrogens with one attached hydrogen (secondary N) is 2. The molecule has 1 aliphatic heterocycles. The second-order valence-electron chi connectivity index (χ2n) is 5.97. The van der Waals surface area contributed by atoms with E-state index in [9.17, 15) is 0 Å². The van der Waals surface area contributed by atoms with Crippen molar-refractivity contribution in [2.45, 2.75) is 58.4 Å². The number of guanidine groups is 1. The predicted molar refractivity (Wildman–Crippen MR) is 94.6 cm³/mol. The van der Waals surface area contributed by atoms with E-state index in [-0.39, 0.29) is 0 Å². The van der Waals surface area contributed by atoms with Gasteiger partial charge < -0.3 is 15.4 Å². The molecule has 5 heteroatoms. The molecule has 0 spiro atoms. The number of aliphatic imine (C=N–C) groups is 1. The summed E-state index contributed by atoms with van der Waals surface area (Å²) >= 11 is 0. The molecule has 0 aromatic rings. The molecule has 1 heterocycles. The van der Waals surface area contributed by atoms with Crippen molar-refractivity contribution in [3.05, 3.63) is 0 Å². The summed E-state index contributed by atoms with van der Waals surface area (Å²) < 4.78 is 5.35. The minimum absolute atomic E-state index is 0.655. The molecular weight excluding hydrogens is 276 g/mol. The minimum atomic E-state index is 0.655. The van der Waals surface area contributed by atoms with Gasteiger partial charge >= 0.3 is 0 Å². The summed E-state index contributed by atoms with van der Waals surface area (Å²) in [4.78, 5) is 6.97. The van der Waals surface area contributed by atoms with Crippen LogP contribution < -0.4 is 10.6 Å². The van der Waals surface area contributed by atoms with Gasteiger partial charge in [-0.1, -0.05) is 19.8 Å². The number of hydrogen-bond donors (Lipinski definition) is 2. The fraction of sp³-hybridized carbons (Fsp3) is 0.941. The van der Waals surface area contributed by atoms with Gasteiger partial charge in [0.15, 0.2) is 5.96 Å². The van der Waals surface area contributed by atoms with Crippen molar-refractivity contribution in [1.82, 2.24) is 15.5 Å². The van der Waals surface area contributed by atoms with E-state index in [4.69, 9.17) is 4.74 Å². The molecule has 1 fully saturated rings. The molecule has 0 bridgehead atoms. The summed E-state index contributed by atoms with van der Waals surface area (Å²) in [7, 11) is 1.84. The lowest BCUT2D eigenvalue weighted by molar-refractivity contribution is 0.145. The van der Waals surface area contributed by atoms with Crippen LogP contribution in [0.2, 0.25) is 0 Å². The molecule has 22 heavy (non-hydrogen) atoms. The van der Waals surface area contributed by atoms with E-state index in [2.05, 4.69) is 27.4 Å². The Morgan fingerprint density at radius 1 is 1.23 bits per heavy atom. The van der Waals surface area contributed by atoms with Crippen molar-refractivity contribution >= 4 is 5.96 Å². The highest BCUT2D eigenvalue weighted by Crippen LogP contribution is 2.16. The predicted octanol–water partition coefficient (Wildman–Crippen LogP) is 2.23. The van der Waals surface area contributed by atoms with Crippen LogP contribution in [0.3, 0.4) is 0 Å². The minimum Gasteiger partial charge on any atom is -0.382 e. The Hall–Kier alpha value is -0.810. The molecule has 0 amide bonds. The number of nitrogens with zero attached hydrogens (tertiary/aromatic N) is 2. The van der Waals surface area contributed by atoms with Gasteiger partial charge in [-0.3, -0.25) is 9.89 Å². The van der Waals surface area contributed by atoms with Crippen molar-refractivity contribution < 1.29 is 4.74 Å². The van der Waals surface area contributed by atoms with Crippen LogP contribution in [-0.2, 0) is 4.74 Å². The third-order valence-electron chi connectivity index (χ3n) is 4.24. The summed E-state index contributed by atoms with van der Waals surface area (Å²) in [6, 6.07) is 0.655. The second-order valence-corrected chi connectivity index (χ2v) is 5.97. The van der Waals surface area contributed by atoms with E-state index in [1.165, 1.54) is 45.2 Å². The first-order chi connectivity index (χ1) is 10.8. The Morgan fingerprint density at radius 2 is 2.09 bits per heavy atom. The smallest absolute Gasteiger partial charge is 0.191 e. The lowest BCUT2D eigenvalue weighted by Crippen LogP contribution is -2.49. The lowest BCUT2D eigenvalue weighted by Gasteiger charge is -2.36. The highest BCUT2D eigenvalue weighted by atomic mass is 16.5. The third kappa shape index (κ3) is 7.99. The largest absolute Gasteiger partial charge is 0.382 e. The van der Waals surface area contributed by atoms with Crippen molar-refractivity contribution in [3.8, 4) is 0 Å². The van der Waals surface area contributed by atoms with Crippen molar-refractivity contribution in [2.24, 2.45) is 4.99 Å². The molecule has 0 aromatic carbocycles. The standard InChI is InChI=1S/C17H36N4O/c1-4-6-12-21-13-8-7-10-16(21)15-20-17(18-3)19-11-9-14-22-5-2/h16H,4-15H2,1-3H3,(H2,18,19,20). The van der Waals surface area contributed by atoms with Gasteiger partial charge in [-0.2, -0.15) is 0 Å². The molecule has 0 saturated carbocycles. The maximum absolute atomic E-state index is 5.35. The molecule has 0 aromatic heterocycles. The van der Waals surface area contributed by atoms with Crippen LogP contribution in [0.25, 0.3) is 0 Å². The highest BCUT2D eigenvalue weighted by molar-refractivity contribution is 5.79. The Balaban J connectivity index is 2.25. The number of likely N-dealkylation sites (tertiary alicyclic amines) is 1. The molecule has 5 nitrogen and oxygen atoms in total. The summed E-state index contributed by atoms with van der Waals surface area (Å²) in [6.45, 7) is 10.3. The van der Waals surface area contributed by atoms with Crippen LogP contribution in [0, 0.1) is 0 Å². The summed E-state index contributed by atoms with van der Waals surface area (Å²) in [5.41, 5.74) is 0. The zero-order chi connectivity index (χ0) is 16.0. The molecule has 1 rings (SSSR count). The van der Waals surface area contributed by atoms with Crippen molar-refractivity contribution in [1.29, 1.82) is 0 Å².